The van der Waals surface area contributed by atoms with Crippen molar-refractivity contribution in [2.45, 2.75) is 32.4 Å². The molecule has 2 aliphatic heterocycles. The van der Waals surface area contributed by atoms with E-state index < -0.39 is 0 Å². The summed E-state index contributed by atoms with van der Waals surface area (Å²) < 4.78 is 5.21. The molecule has 2 fully saturated rings. The van der Waals surface area contributed by atoms with Crippen molar-refractivity contribution in [3.05, 3.63) is 47.3 Å². The lowest BCUT2D eigenvalue weighted by Crippen LogP contribution is -2.54. The first-order valence-electron chi connectivity index (χ1n) is 10.0. The fourth-order valence-electron chi connectivity index (χ4n) is 3.97. The molecule has 0 saturated carbocycles. The zero-order valence-electron chi connectivity index (χ0n) is 17.2. The molecule has 2 saturated heterocycles. The number of amides is 1. The first-order chi connectivity index (χ1) is 14.0. The number of aryl methyl sites for hydroxylation is 2. The zero-order chi connectivity index (χ0) is 20.4. The Hall–Kier alpha value is -2.71. The van der Waals surface area contributed by atoms with Gasteiger partial charge in [-0.2, -0.15) is 0 Å². The number of anilines is 1. The third-order valence-corrected chi connectivity index (χ3v) is 5.56. The second kappa shape index (κ2) is 8.34. The highest BCUT2D eigenvalue weighted by atomic mass is 16.5. The predicted molar refractivity (Wildman–Crippen MR) is 111 cm³/mol. The predicted octanol–water partition coefficient (Wildman–Crippen LogP) is 1.36. The summed E-state index contributed by atoms with van der Waals surface area (Å²) in [5.74, 6) is 1.74. The van der Waals surface area contributed by atoms with Gasteiger partial charge in [-0.15, -0.1) is 0 Å². The maximum atomic E-state index is 13.0. The van der Waals surface area contributed by atoms with Gasteiger partial charge in [-0.25, -0.2) is 20.8 Å². The number of carbonyl (C=O) groups excluding carboxylic acids is 1. The average Bonchev–Trinajstić information content (AvgIpc) is 3.23. The minimum atomic E-state index is -0.217. The molecule has 2 unspecified atom stereocenters. The Balaban J connectivity index is 1.32. The number of ether oxygens (including phenoxy) is 1. The van der Waals surface area contributed by atoms with Crippen molar-refractivity contribution < 1.29 is 9.53 Å². The van der Waals surface area contributed by atoms with E-state index >= 15 is 0 Å². The Labute approximate surface area is 171 Å². The van der Waals surface area contributed by atoms with Crippen LogP contribution >= 0.6 is 0 Å². The van der Waals surface area contributed by atoms with E-state index in [0.29, 0.717) is 13.1 Å². The first-order valence-corrected chi connectivity index (χ1v) is 10.0. The van der Waals surface area contributed by atoms with Gasteiger partial charge >= 0.3 is 0 Å². The van der Waals surface area contributed by atoms with E-state index in [1.54, 1.807) is 7.11 Å². The normalized spacial score (nSPS) is 22.0. The smallest absolute Gasteiger partial charge is 0.241 e. The van der Waals surface area contributed by atoms with Crippen LogP contribution in [0.1, 0.15) is 29.4 Å². The van der Waals surface area contributed by atoms with E-state index in [1.165, 1.54) is 0 Å². The van der Waals surface area contributed by atoms with Crippen LogP contribution in [0.15, 0.2) is 30.3 Å². The van der Waals surface area contributed by atoms with Crippen LogP contribution in [-0.4, -0.2) is 60.1 Å². The van der Waals surface area contributed by atoms with Crippen molar-refractivity contribution >= 4 is 11.9 Å². The van der Waals surface area contributed by atoms with Gasteiger partial charge in [0.25, 0.3) is 0 Å². The van der Waals surface area contributed by atoms with Gasteiger partial charge in [0.2, 0.25) is 11.9 Å². The highest BCUT2D eigenvalue weighted by molar-refractivity contribution is 5.82. The number of nitrogens with zero attached hydrogens (tertiary/aromatic N) is 4. The minimum absolute atomic E-state index is 0.111. The van der Waals surface area contributed by atoms with Crippen molar-refractivity contribution in [2.24, 2.45) is 0 Å². The van der Waals surface area contributed by atoms with Gasteiger partial charge in [0.15, 0.2) is 0 Å². The van der Waals surface area contributed by atoms with E-state index in [2.05, 4.69) is 25.7 Å². The molecular weight excluding hydrogens is 368 g/mol. The Kier molecular flexibility index (Phi) is 5.64. The summed E-state index contributed by atoms with van der Waals surface area (Å²) in [5.41, 5.74) is 9.52. The van der Waals surface area contributed by atoms with Crippen LogP contribution in [0.2, 0.25) is 0 Å². The molecule has 2 atom stereocenters. The number of methoxy groups -OCH3 is 1. The molecule has 154 valence electrons. The molecule has 8 nitrogen and oxygen atoms in total. The summed E-state index contributed by atoms with van der Waals surface area (Å²) in [7, 11) is 1.66. The first kappa shape index (κ1) is 19.6. The second-order valence-corrected chi connectivity index (χ2v) is 7.67. The van der Waals surface area contributed by atoms with Crippen molar-refractivity contribution in [1.29, 1.82) is 0 Å². The third kappa shape index (κ3) is 4.33. The molecule has 29 heavy (non-hydrogen) atoms. The third-order valence-electron chi connectivity index (χ3n) is 5.56. The van der Waals surface area contributed by atoms with E-state index in [-0.39, 0.29) is 18.0 Å². The molecule has 3 heterocycles. The summed E-state index contributed by atoms with van der Waals surface area (Å²) in [4.78, 5) is 26.2. The summed E-state index contributed by atoms with van der Waals surface area (Å²) in [6.07, 6.45) is 0.728. The maximum Gasteiger partial charge on any atom is 0.241 e. The number of aromatic nitrogens is 2. The van der Waals surface area contributed by atoms with E-state index in [0.717, 1.165) is 48.2 Å². The van der Waals surface area contributed by atoms with Crippen molar-refractivity contribution in [1.82, 2.24) is 25.7 Å². The largest absolute Gasteiger partial charge is 0.497 e. The second-order valence-electron chi connectivity index (χ2n) is 7.67. The van der Waals surface area contributed by atoms with Crippen LogP contribution in [0.25, 0.3) is 0 Å². The number of piperazine rings is 1. The molecule has 8 heteroatoms. The van der Waals surface area contributed by atoms with E-state index in [4.69, 9.17) is 4.74 Å². The molecule has 1 aromatic carbocycles. The van der Waals surface area contributed by atoms with Crippen LogP contribution in [-0.2, 0) is 4.79 Å². The molecule has 2 N–H and O–H groups in total. The Morgan fingerprint density at radius 2 is 1.69 bits per heavy atom. The summed E-state index contributed by atoms with van der Waals surface area (Å²) in [5, 5.41) is 0. The Morgan fingerprint density at radius 1 is 1.03 bits per heavy atom. The SMILES string of the molecule is COc1ccc(C2CC(C(=O)N3CCN(c4nc(C)cc(C)n4)CC3)NN2)cc1. The van der Waals surface area contributed by atoms with Crippen LogP contribution in [0.5, 0.6) is 5.75 Å². The van der Waals surface area contributed by atoms with Crippen LogP contribution < -0.4 is 20.5 Å². The highest BCUT2D eigenvalue weighted by Gasteiger charge is 2.34. The number of hydrazine groups is 1. The molecule has 0 aliphatic carbocycles. The van der Waals surface area contributed by atoms with Gasteiger partial charge in [0.05, 0.1) is 7.11 Å². The number of carbonyl (C=O) groups is 1. The fourth-order valence-corrected chi connectivity index (χ4v) is 3.97. The summed E-state index contributed by atoms with van der Waals surface area (Å²) in [6.45, 7) is 6.82. The number of hydrogen-bond acceptors (Lipinski definition) is 7. The van der Waals surface area contributed by atoms with Crippen molar-refractivity contribution in [3.63, 3.8) is 0 Å². The fraction of sp³-hybridized carbons (Fsp3) is 0.476. The van der Waals surface area contributed by atoms with Gasteiger partial charge in [-0.05, 0) is 44.0 Å². The molecule has 2 aromatic rings. The topological polar surface area (TPSA) is 82.6 Å². The van der Waals surface area contributed by atoms with Gasteiger partial charge in [0.1, 0.15) is 11.8 Å². The maximum absolute atomic E-state index is 13.0. The Morgan fingerprint density at radius 3 is 2.31 bits per heavy atom. The van der Waals surface area contributed by atoms with Gasteiger partial charge < -0.3 is 14.5 Å². The average molecular weight is 396 g/mol. The standard InChI is InChI=1S/C21H28N6O2/c1-14-12-15(2)23-21(22-14)27-10-8-26(9-11-27)20(28)19-13-18(24-25-19)16-4-6-17(29-3)7-5-16/h4-7,12,18-19,24-25H,8-11,13H2,1-3H3. The number of nitrogens with one attached hydrogen (secondary N) is 2. The lowest BCUT2D eigenvalue weighted by atomic mass is 10.0. The van der Waals surface area contributed by atoms with Crippen molar-refractivity contribution in [2.75, 3.05) is 38.2 Å². The van der Waals surface area contributed by atoms with Crippen LogP contribution in [0.4, 0.5) is 5.95 Å². The minimum Gasteiger partial charge on any atom is -0.497 e. The molecular formula is C21H28N6O2. The van der Waals surface area contributed by atoms with Crippen LogP contribution in [0.3, 0.4) is 0 Å². The number of rotatable bonds is 4. The number of benzene rings is 1. The lowest BCUT2D eigenvalue weighted by molar-refractivity contribution is -0.133. The molecule has 0 bridgehead atoms. The highest BCUT2D eigenvalue weighted by Crippen LogP contribution is 2.25. The summed E-state index contributed by atoms with van der Waals surface area (Å²) >= 11 is 0. The number of hydrogen-bond donors (Lipinski definition) is 2. The van der Waals surface area contributed by atoms with Gasteiger partial charge in [0, 0.05) is 43.6 Å². The van der Waals surface area contributed by atoms with E-state index in [9.17, 15) is 4.79 Å². The molecule has 1 amide bonds. The molecule has 2 aliphatic rings. The quantitative estimate of drug-likeness (QED) is 0.807. The zero-order valence-corrected chi connectivity index (χ0v) is 17.2. The molecule has 0 spiro atoms. The summed E-state index contributed by atoms with van der Waals surface area (Å²) in [6, 6.07) is 9.83. The molecule has 4 rings (SSSR count). The molecule has 1 aromatic heterocycles. The van der Waals surface area contributed by atoms with E-state index in [1.807, 2.05) is 49.1 Å². The Bertz CT molecular complexity index is 844. The monoisotopic (exact) mass is 396 g/mol. The van der Waals surface area contributed by atoms with Crippen molar-refractivity contribution in [3.8, 4) is 5.75 Å². The van der Waals surface area contributed by atoms with Gasteiger partial charge in [-0.3, -0.25) is 4.79 Å². The van der Waals surface area contributed by atoms with Gasteiger partial charge in [-0.1, -0.05) is 12.1 Å². The molecule has 0 radical (unpaired) electrons. The van der Waals surface area contributed by atoms with Crippen LogP contribution in [0, 0.1) is 13.8 Å². The lowest BCUT2D eigenvalue weighted by Gasteiger charge is -2.36.